The van der Waals surface area contributed by atoms with Crippen LogP contribution in [-0.2, 0) is 14.3 Å². The Balaban J connectivity index is 1.46. The number of hydrogen-bond donors (Lipinski definition) is 1. The molecule has 2 heterocycles. The largest absolute Gasteiger partial charge is 0.383 e. The molecule has 0 aromatic heterocycles. The number of amides is 3. The van der Waals surface area contributed by atoms with Crippen LogP contribution in [0.5, 0.6) is 0 Å². The number of halogens is 2. The number of rotatable bonds is 7. The van der Waals surface area contributed by atoms with E-state index in [2.05, 4.69) is 5.32 Å². The molecule has 3 rings (SSSR count). The number of piperidine rings is 1. The van der Waals surface area contributed by atoms with Crippen LogP contribution in [0.4, 0.5) is 8.78 Å². The number of nitrogens with zero attached hydrogens (tertiary/aromatic N) is 2. The fourth-order valence-electron chi connectivity index (χ4n) is 3.99. The van der Waals surface area contributed by atoms with E-state index in [-0.39, 0.29) is 41.5 Å². The highest BCUT2D eigenvalue weighted by atomic mass is 19.2. The van der Waals surface area contributed by atoms with Gasteiger partial charge in [0.2, 0.25) is 11.8 Å². The molecular formula is C21H27F2N3O4. The van der Waals surface area contributed by atoms with Gasteiger partial charge in [0.15, 0.2) is 11.6 Å². The Bertz CT molecular complexity index is 796. The van der Waals surface area contributed by atoms with Crippen LogP contribution < -0.4 is 5.32 Å². The summed E-state index contributed by atoms with van der Waals surface area (Å²) in [6, 6.07) is 3.16. The van der Waals surface area contributed by atoms with Gasteiger partial charge in [-0.2, -0.15) is 0 Å². The van der Waals surface area contributed by atoms with Crippen molar-refractivity contribution in [2.45, 2.75) is 19.3 Å². The van der Waals surface area contributed by atoms with E-state index in [9.17, 15) is 23.2 Å². The molecule has 2 fully saturated rings. The van der Waals surface area contributed by atoms with Gasteiger partial charge in [0, 0.05) is 51.8 Å². The van der Waals surface area contributed by atoms with Crippen molar-refractivity contribution in [1.29, 1.82) is 0 Å². The summed E-state index contributed by atoms with van der Waals surface area (Å²) in [4.78, 5) is 40.3. The van der Waals surface area contributed by atoms with E-state index < -0.39 is 11.6 Å². The minimum absolute atomic E-state index is 0.0258. The molecule has 0 aliphatic carbocycles. The molecule has 2 aliphatic rings. The summed E-state index contributed by atoms with van der Waals surface area (Å²) in [6.45, 7) is 2.80. The van der Waals surface area contributed by atoms with E-state index in [4.69, 9.17) is 4.74 Å². The van der Waals surface area contributed by atoms with Crippen LogP contribution in [0.2, 0.25) is 0 Å². The van der Waals surface area contributed by atoms with Gasteiger partial charge in [-0.1, -0.05) is 0 Å². The number of hydrogen-bond acceptors (Lipinski definition) is 4. The molecule has 1 aromatic rings. The molecular weight excluding hydrogens is 396 g/mol. The number of benzene rings is 1. The highest BCUT2D eigenvalue weighted by molar-refractivity contribution is 5.94. The number of methoxy groups -OCH3 is 1. The van der Waals surface area contributed by atoms with Crippen LogP contribution in [-0.4, -0.2) is 74.0 Å². The van der Waals surface area contributed by atoms with E-state index in [1.165, 1.54) is 6.07 Å². The normalized spacial score (nSPS) is 20.0. The summed E-state index contributed by atoms with van der Waals surface area (Å²) in [6.07, 6.45) is 1.64. The minimum Gasteiger partial charge on any atom is -0.383 e. The van der Waals surface area contributed by atoms with Gasteiger partial charge in [-0.15, -0.1) is 0 Å². The number of nitrogens with one attached hydrogen (secondary N) is 1. The van der Waals surface area contributed by atoms with Gasteiger partial charge in [-0.05, 0) is 37.0 Å². The Morgan fingerprint density at radius 3 is 2.60 bits per heavy atom. The molecule has 1 atom stereocenters. The molecule has 9 heteroatoms. The second-order valence-electron chi connectivity index (χ2n) is 7.85. The molecule has 3 amide bonds. The molecule has 30 heavy (non-hydrogen) atoms. The van der Waals surface area contributed by atoms with Gasteiger partial charge in [0.1, 0.15) is 0 Å². The van der Waals surface area contributed by atoms with Crippen LogP contribution in [0.3, 0.4) is 0 Å². The zero-order valence-electron chi connectivity index (χ0n) is 17.0. The molecule has 0 radical (unpaired) electrons. The fraction of sp³-hybridized carbons (Fsp3) is 0.571. The van der Waals surface area contributed by atoms with Crippen molar-refractivity contribution in [3.05, 3.63) is 35.4 Å². The number of carbonyl (C=O) groups is 3. The maximum atomic E-state index is 13.4. The molecule has 1 unspecified atom stereocenters. The van der Waals surface area contributed by atoms with E-state index >= 15 is 0 Å². The molecule has 1 aromatic carbocycles. The van der Waals surface area contributed by atoms with Crippen molar-refractivity contribution in [1.82, 2.24) is 15.1 Å². The summed E-state index contributed by atoms with van der Waals surface area (Å²) >= 11 is 0. The third-order valence-electron chi connectivity index (χ3n) is 5.74. The Hall–Kier alpha value is -2.55. The lowest BCUT2D eigenvalue weighted by atomic mass is 9.95. The first-order valence-corrected chi connectivity index (χ1v) is 10.2. The van der Waals surface area contributed by atoms with Gasteiger partial charge in [-0.25, -0.2) is 8.78 Å². The van der Waals surface area contributed by atoms with Crippen molar-refractivity contribution in [2.24, 2.45) is 11.8 Å². The summed E-state index contributed by atoms with van der Waals surface area (Å²) in [5.41, 5.74) is 0.129. The van der Waals surface area contributed by atoms with Crippen LogP contribution in [0.25, 0.3) is 0 Å². The lowest BCUT2D eigenvalue weighted by Gasteiger charge is -2.34. The average molecular weight is 423 g/mol. The van der Waals surface area contributed by atoms with Crippen molar-refractivity contribution in [3.63, 3.8) is 0 Å². The first-order chi connectivity index (χ1) is 14.4. The van der Waals surface area contributed by atoms with Crippen molar-refractivity contribution in [3.8, 4) is 0 Å². The maximum absolute atomic E-state index is 13.4. The molecule has 2 aliphatic heterocycles. The second-order valence-corrected chi connectivity index (χ2v) is 7.85. The summed E-state index contributed by atoms with van der Waals surface area (Å²) in [5.74, 6) is -2.60. The number of carbonyl (C=O) groups excluding carboxylic acids is 3. The van der Waals surface area contributed by atoms with Crippen LogP contribution in [0.1, 0.15) is 29.6 Å². The van der Waals surface area contributed by atoms with Crippen molar-refractivity contribution < 1.29 is 27.9 Å². The highest BCUT2D eigenvalue weighted by Gasteiger charge is 2.36. The summed E-state index contributed by atoms with van der Waals surface area (Å²) < 4.78 is 31.4. The van der Waals surface area contributed by atoms with E-state index in [0.717, 1.165) is 12.1 Å². The standard InChI is InChI=1S/C21H27F2N3O4/c1-30-9-6-24-20(28)16-11-19(27)26(13-16)12-14-4-7-25(8-5-14)21(29)15-2-3-17(22)18(23)10-15/h2-3,10,14,16H,4-9,11-13H2,1H3,(H,24,28). The molecule has 0 saturated carbocycles. The highest BCUT2D eigenvalue weighted by Crippen LogP contribution is 2.25. The molecule has 2 saturated heterocycles. The summed E-state index contributed by atoms with van der Waals surface area (Å²) in [5, 5.41) is 2.77. The van der Waals surface area contributed by atoms with Gasteiger partial charge in [-0.3, -0.25) is 14.4 Å². The monoisotopic (exact) mass is 423 g/mol. The average Bonchev–Trinajstić information content (AvgIpc) is 3.10. The third-order valence-corrected chi connectivity index (χ3v) is 5.74. The van der Waals surface area contributed by atoms with E-state index in [0.29, 0.717) is 52.2 Å². The van der Waals surface area contributed by atoms with E-state index in [1.807, 2.05) is 0 Å². The van der Waals surface area contributed by atoms with Crippen molar-refractivity contribution >= 4 is 17.7 Å². The molecule has 0 bridgehead atoms. The second kappa shape index (κ2) is 9.97. The topological polar surface area (TPSA) is 79.0 Å². The molecule has 0 spiro atoms. The maximum Gasteiger partial charge on any atom is 0.253 e. The van der Waals surface area contributed by atoms with E-state index in [1.54, 1.807) is 16.9 Å². The SMILES string of the molecule is COCCNC(=O)C1CC(=O)N(CC2CCN(C(=O)c3ccc(F)c(F)c3)CC2)C1. The lowest BCUT2D eigenvalue weighted by Crippen LogP contribution is -2.42. The Morgan fingerprint density at radius 1 is 1.20 bits per heavy atom. The first kappa shape index (κ1) is 22.1. The molecule has 7 nitrogen and oxygen atoms in total. The van der Waals surface area contributed by atoms with Gasteiger partial charge >= 0.3 is 0 Å². The van der Waals surface area contributed by atoms with Crippen LogP contribution >= 0.6 is 0 Å². The predicted octanol–water partition coefficient (Wildman–Crippen LogP) is 1.43. The molecule has 164 valence electrons. The quantitative estimate of drug-likeness (QED) is 0.673. The first-order valence-electron chi connectivity index (χ1n) is 10.2. The Kier molecular flexibility index (Phi) is 7.36. The number of likely N-dealkylation sites (tertiary alicyclic amines) is 2. The zero-order valence-corrected chi connectivity index (χ0v) is 17.0. The minimum atomic E-state index is -1.04. The Labute approximate surface area is 174 Å². The van der Waals surface area contributed by atoms with Crippen LogP contribution in [0, 0.1) is 23.5 Å². The van der Waals surface area contributed by atoms with Gasteiger partial charge < -0.3 is 19.9 Å². The third kappa shape index (κ3) is 5.33. The van der Waals surface area contributed by atoms with Crippen LogP contribution in [0.15, 0.2) is 18.2 Å². The summed E-state index contributed by atoms with van der Waals surface area (Å²) in [7, 11) is 1.56. The van der Waals surface area contributed by atoms with Crippen molar-refractivity contribution in [2.75, 3.05) is 46.4 Å². The smallest absolute Gasteiger partial charge is 0.253 e. The lowest BCUT2D eigenvalue weighted by molar-refractivity contribution is -0.129. The van der Waals surface area contributed by atoms with Gasteiger partial charge in [0.05, 0.1) is 12.5 Å². The Morgan fingerprint density at radius 2 is 1.93 bits per heavy atom. The fourth-order valence-corrected chi connectivity index (χ4v) is 3.99. The van der Waals surface area contributed by atoms with Gasteiger partial charge in [0.25, 0.3) is 5.91 Å². The predicted molar refractivity (Wildman–Crippen MR) is 105 cm³/mol. The number of ether oxygens (including phenoxy) is 1. The zero-order chi connectivity index (χ0) is 21.7. The molecule has 1 N–H and O–H groups in total.